The molecule has 2 aromatic rings. The van der Waals surface area contributed by atoms with Crippen molar-refractivity contribution in [2.24, 2.45) is 0 Å². The van der Waals surface area contributed by atoms with Crippen LogP contribution < -0.4 is 10.4 Å². The summed E-state index contributed by atoms with van der Waals surface area (Å²) in [5, 5.41) is 2.50. The third-order valence-electron chi connectivity index (χ3n) is 6.47. The fraction of sp³-hybridized carbons (Fsp3) is 0.407. The van der Waals surface area contributed by atoms with Crippen LogP contribution in [0.4, 0.5) is 0 Å². The summed E-state index contributed by atoms with van der Waals surface area (Å²) in [6.45, 7) is 15.4. The van der Waals surface area contributed by atoms with Gasteiger partial charge < -0.3 is 13.7 Å². The van der Waals surface area contributed by atoms with Crippen molar-refractivity contribution in [2.45, 2.75) is 64.7 Å². The Morgan fingerprint density at radius 2 is 1.34 bits per heavy atom. The molecule has 1 heterocycles. The zero-order valence-electron chi connectivity index (χ0n) is 20.4. The monoisotopic (exact) mass is 446 g/mol. The van der Waals surface area contributed by atoms with Gasteiger partial charge in [-0.15, -0.1) is 0 Å². The highest BCUT2D eigenvalue weighted by molar-refractivity contribution is 6.99. The third-order valence-corrected chi connectivity index (χ3v) is 11.5. The summed E-state index contributed by atoms with van der Waals surface area (Å²) in [5.74, 6) is 6.12. The molecule has 3 nitrogen and oxygen atoms in total. The zero-order chi connectivity index (χ0) is 23.5. The minimum Gasteiger partial charge on any atom is -0.404 e. The fourth-order valence-corrected chi connectivity index (χ4v) is 8.56. The average Bonchev–Trinajstić information content (AvgIpc) is 2.94. The Balaban J connectivity index is 1.80. The lowest BCUT2D eigenvalue weighted by Crippen LogP contribution is -2.66. The molecule has 2 aromatic carbocycles. The fourth-order valence-electron chi connectivity index (χ4n) is 4.06. The lowest BCUT2D eigenvalue weighted by molar-refractivity contribution is 0.00578. The SMILES string of the molecule is CC1(C)OB(C#C/C=C/CO[Si](c2ccccc2)(c2ccccc2)C(C)(C)C)OC1(C)C. The quantitative estimate of drug-likeness (QED) is 0.490. The first-order chi connectivity index (χ1) is 15.0. The van der Waals surface area contributed by atoms with Crippen LogP contribution in [0.3, 0.4) is 0 Å². The maximum atomic E-state index is 6.83. The lowest BCUT2D eigenvalue weighted by Gasteiger charge is -2.42. The van der Waals surface area contributed by atoms with Crippen LogP contribution >= 0.6 is 0 Å². The van der Waals surface area contributed by atoms with E-state index in [-0.39, 0.29) is 16.2 Å². The number of hydrogen-bond donors (Lipinski definition) is 0. The number of allylic oxidation sites excluding steroid dienone is 1. The number of benzene rings is 2. The maximum Gasteiger partial charge on any atom is 0.551 e. The minimum atomic E-state index is -2.52. The second-order valence-electron chi connectivity index (χ2n) is 10.3. The molecule has 0 N–H and O–H groups in total. The molecule has 1 fully saturated rings. The van der Waals surface area contributed by atoms with Crippen LogP contribution in [0.5, 0.6) is 0 Å². The van der Waals surface area contributed by atoms with Gasteiger partial charge in [-0.2, -0.15) is 0 Å². The van der Waals surface area contributed by atoms with E-state index in [1.165, 1.54) is 10.4 Å². The highest BCUT2D eigenvalue weighted by Gasteiger charge is 2.51. The molecule has 5 heteroatoms. The Morgan fingerprint density at radius 3 is 1.78 bits per heavy atom. The lowest BCUT2D eigenvalue weighted by atomic mass is 9.90. The van der Waals surface area contributed by atoms with E-state index in [1.807, 2.05) is 39.8 Å². The molecule has 0 atom stereocenters. The highest BCUT2D eigenvalue weighted by Crippen LogP contribution is 2.37. The molecule has 168 valence electrons. The van der Waals surface area contributed by atoms with Crippen molar-refractivity contribution in [1.29, 1.82) is 0 Å². The predicted octanol–water partition coefficient (Wildman–Crippen LogP) is 4.75. The van der Waals surface area contributed by atoms with E-state index >= 15 is 0 Å². The van der Waals surface area contributed by atoms with Crippen molar-refractivity contribution in [2.75, 3.05) is 6.61 Å². The maximum absolute atomic E-state index is 6.83. The van der Waals surface area contributed by atoms with Crippen LogP contribution in [-0.2, 0) is 13.7 Å². The Kier molecular flexibility index (Phi) is 7.22. The first-order valence-corrected chi connectivity index (χ1v) is 13.2. The summed E-state index contributed by atoms with van der Waals surface area (Å²) in [5.41, 5.74) is -0.745. The van der Waals surface area contributed by atoms with Gasteiger partial charge in [-0.25, -0.2) is 0 Å². The second kappa shape index (κ2) is 9.41. The minimum absolute atomic E-state index is 0.0437. The molecule has 0 aliphatic carbocycles. The number of hydrogen-bond acceptors (Lipinski definition) is 3. The first-order valence-electron chi connectivity index (χ1n) is 11.3. The topological polar surface area (TPSA) is 27.7 Å². The molecule has 3 rings (SSSR count). The largest absolute Gasteiger partial charge is 0.551 e. The molecular weight excluding hydrogens is 411 g/mol. The van der Waals surface area contributed by atoms with Gasteiger partial charge in [-0.05, 0) is 49.2 Å². The van der Waals surface area contributed by atoms with E-state index in [1.54, 1.807) is 0 Å². The Morgan fingerprint density at radius 1 is 0.875 bits per heavy atom. The van der Waals surface area contributed by atoms with Crippen LogP contribution in [0, 0.1) is 11.7 Å². The van der Waals surface area contributed by atoms with Crippen molar-refractivity contribution >= 4 is 25.8 Å². The van der Waals surface area contributed by atoms with Crippen LogP contribution in [0.2, 0.25) is 5.04 Å². The third kappa shape index (κ3) is 4.95. The van der Waals surface area contributed by atoms with Gasteiger partial charge >= 0.3 is 7.12 Å². The molecule has 0 aromatic heterocycles. The summed E-state index contributed by atoms with van der Waals surface area (Å²) in [7, 11) is -3.03. The number of rotatable bonds is 5. The van der Waals surface area contributed by atoms with Gasteiger partial charge in [-0.1, -0.05) is 99.3 Å². The van der Waals surface area contributed by atoms with Gasteiger partial charge in [0.25, 0.3) is 8.32 Å². The second-order valence-corrected chi connectivity index (χ2v) is 14.6. The zero-order valence-corrected chi connectivity index (χ0v) is 21.4. The summed E-state index contributed by atoms with van der Waals surface area (Å²) in [6, 6.07) is 21.3. The molecule has 0 saturated carbocycles. The van der Waals surface area contributed by atoms with E-state index in [2.05, 4.69) is 93.2 Å². The summed E-state index contributed by atoms with van der Waals surface area (Å²) in [6.07, 6.45) is 3.82. The first kappa shape index (κ1) is 24.5. The van der Waals surface area contributed by atoms with Crippen LogP contribution in [0.15, 0.2) is 72.8 Å². The standard InChI is InChI=1S/C27H35BO3Si/c1-25(2,3)32(23-17-11-8-12-18-23,24-19-13-9-14-20-24)29-22-16-10-15-21-28-30-26(4,5)27(6,7)31-28/h8-14,16-20H,22H2,1-7H3/b16-10+. The van der Waals surface area contributed by atoms with Crippen molar-refractivity contribution in [3.05, 3.63) is 72.8 Å². The van der Waals surface area contributed by atoms with E-state index in [0.29, 0.717) is 6.61 Å². The molecule has 0 bridgehead atoms. The highest BCUT2D eigenvalue weighted by atomic mass is 28.4. The predicted molar refractivity (Wildman–Crippen MR) is 137 cm³/mol. The van der Waals surface area contributed by atoms with Crippen molar-refractivity contribution in [3.8, 4) is 11.7 Å². The van der Waals surface area contributed by atoms with Gasteiger partial charge in [0.05, 0.1) is 17.8 Å². The molecular formula is C27H35BO3Si. The molecule has 1 aliphatic heterocycles. The molecule has 32 heavy (non-hydrogen) atoms. The van der Waals surface area contributed by atoms with E-state index < -0.39 is 15.4 Å². The van der Waals surface area contributed by atoms with Gasteiger partial charge in [0.15, 0.2) is 0 Å². The normalized spacial score (nSPS) is 17.9. The van der Waals surface area contributed by atoms with E-state index in [9.17, 15) is 0 Å². The van der Waals surface area contributed by atoms with Crippen LogP contribution in [0.1, 0.15) is 48.5 Å². The molecule has 0 unspecified atom stereocenters. The summed E-state index contributed by atoms with van der Waals surface area (Å²) in [4.78, 5) is 0. The smallest absolute Gasteiger partial charge is 0.404 e. The van der Waals surface area contributed by atoms with Crippen LogP contribution in [0.25, 0.3) is 0 Å². The Bertz CT molecular complexity index is 927. The molecule has 0 amide bonds. The Labute approximate surface area is 195 Å². The molecule has 0 radical (unpaired) electrons. The average molecular weight is 446 g/mol. The van der Waals surface area contributed by atoms with Crippen molar-refractivity contribution < 1.29 is 13.7 Å². The van der Waals surface area contributed by atoms with Gasteiger partial charge in [0.2, 0.25) is 0 Å². The van der Waals surface area contributed by atoms with Gasteiger partial charge in [-0.3, -0.25) is 0 Å². The van der Waals surface area contributed by atoms with Gasteiger partial charge in [0, 0.05) is 0 Å². The van der Waals surface area contributed by atoms with Gasteiger partial charge in [0.1, 0.15) is 0 Å². The van der Waals surface area contributed by atoms with E-state index in [0.717, 1.165) is 0 Å². The summed E-state index contributed by atoms with van der Waals surface area (Å²) >= 11 is 0. The molecule has 1 saturated heterocycles. The van der Waals surface area contributed by atoms with E-state index in [4.69, 9.17) is 13.7 Å². The summed E-state index contributed by atoms with van der Waals surface area (Å²) < 4.78 is 18.7. The Hall–Kier alpha value is -2.10. The van der Waals surface area contributed by atoms with Crippen molar-refractivity contribution in [1.82, 2.24) is 0 Å². The molecule has 1 aliphatic rings. The van der Waals surface area contributed by atoms with Crippen molar-refractivity contribution in [3.63, 3.8) is 0 Å². The molecule has 0 spiro atoms. The van der Waals surface area contributed by atoms with Crippen LogP contribution in [-0.4, -0.2) is 33.2 Å².